The van der Waals surface area contributed by atoms with Crippen molar-refractivity contribution in [2.24, 2.45) is 0 Å². The molecule has 0 spiro atoms. The number of aliphatic hydroxyl groups excluding tert-OH is 1. The summed E-state index contributed by atoms with van der Waals surface area (Å²) in [4.78, 5) is 2.13. The van der Waals surface area contributed by atoms with Gasteiger partial charge in [-0.25, -0.2) is 4.39 Å². The third-order valence-electron chi connectivity index (χ3n) is 3.98. The van der Waals surface area contributed by atoms with Crippen LogP contribution in [-0.2, 0) is 0 Å². The van der Waals surface area contributed by atoms with Crippen molar-refractivity contribution in [2.45, 2.75) is 18.6 Å². The molecule has 0 saturated carbocycles. The molecule has 1 aliphatic heterocycles. The molecule has 133 valence electrons. The van der Waals surface area contributed by atoms with Crippen molar-refractivity contribution in [1.29, 1.82) is 0 Å². The minimum absolute atomic E-state index is 0.0887. The lowest BCUT2D eigenvalue weighted by atomic mass is 10.3. The van der Waals surface area contributed by atoms with E-state index in [0.717, 1.165) is 25.3 Å². The maximum absolute atomic E-state index is 13.1. The fourth-order valence-electron chi connectivity index (χ4n) is 2.80. The molecule has 0 unspecified atom stereocenters. The van der Waals surface area contributed by atoms with Gasteiger partial charge in [0, 0.05) is 36.8 Å². The van der Waals surface area contributed by atoms with Crippen LogP contribution in [0.2, 0.25) is 5.02 Å². The second-order valence-corrected chi connectivity index (χ2v) is 6.51. The van der Waals surface area contributed by atoms with E-state index < -0.39 is 6.10 Å². The predicted molar refractivity (Wildman–Crippen MR) is 93.7 cm³/mol. The van der Waals surface area contributed by atoms with E-state index in [2.05, 4.69) is 11.0 Å². The molecule has 4 nitrogen and oxygen atoms in total. The minimum atomic E-state index is -0.661. The maximum Gasteiger partial charge on any atom is 0.130 e. The summed E-state index contributed by atoms with van der Waals surface area (Å²) >= 11 is 5.86. The molecule has 1 radical (unpaired) electrons. The Labute approximate surface area is 151 Å². The highest BCUT2D eigenvalue weighted by molar-refractivity contribution is 6.30. The van der Waals surface area contributed by atoms with E-state index >= 15 is 0 Å². The molecule has 2 aromatic rings. The molecule has 1 aliphatic rings. The number of ether oxygens (including phenoxy) is 2. The lowest BCUT2D eigenvalue weighted by Crippen LogP contribution is -2.35. The van der Waals surface area contributed by atoms with Crippen LogP contribution in [0.15, 0.2) is 42.5 Å². The molecule has 0 aliphatic carbocycles. The Morgan fingerprint density at radius 3 is 2.88 bits per heavy atom. The first-order chi connectivity index (χ1) is 12.1. The normalized spacial score (nSPS) is 18.9. The molecule has 6 heteroatoms. The van der Waals surface area contributed by atoms with Crippen LogP contribution in [0.4, 0.5) is 4.39 Å². The monoisotopic (exact) mass is 364 g/mol. The van der Waals surface area contributed by atoms with Gasteiger partial charge in [0.15, 0.2) is 0 Å². The number of benzene rings is 2. The Morgan fingerprint density at radius 2 is 2.12 bits per heavy atom. The van der Waals surface area contributed by atoms with Gasteiger partial charge in [0.2, 0.25) is 0 Å². The largest absolute Gasteiger partial charge is 0.490 e. The van der Waals surface area contributed by atoms with Crippen molar-refractivity contribution in [1.82, 2.24) is 4.90 Å². The molecule has 25 heavy (non-hydrogen) atoms. The van der Waals surface area contributed by atoms with Crippen LogP contribution in [0.1, 0.15) is 6.42 Å². The van der Waals surface area contributed by atoms with Crippen LogP contribution in [0.25, 0.3) is 0 Å². The van der Waals surface area contributed by atoms with Crippen molar-refractivity contribution in [3.8, 4) is 11.5 Å². The van der Waals surface area contributed by atoms with Crippen molar-refractivity contribution >= 4 is 11.6 Å². The van der Waals surface area contributed by atoms with Gasteiger partial charge in [-0.2, -0.15) is 0 Å². The zero-order valence-corrected chi connectivity index (χ0v) is 14.5. The number of nitrogens with zero attached hydrogens (tertiary/aromatic N) is 1. The Hall–Kier alpha value is -1.82. The van der Waals surface area contributed by atoms with Gasteiger partial charge < -0.3 is 14.6 Å². The van der Waals surface area contributed by atoms with Crippen LogP contribution in [0.5, 0.6) is 11.5 Å². The van der Waals surface area contributed by atoms with Crippen LogP contribution >= 0.6 is 11.6 Å². The quantitative estimate of drug-likeness (QED) is 0.819. The summed E-state index contributed by atoms with van der Waals surface area (Å²) in [5.74, 6) is 0.705. The number of halogens is 2. The first-order valence-corrected chi connectivity index (χ1v) is 8.59. The highest BCUT2D eigenvalue weighted by atomic mass is 35.5. The fourth-order valence-corrected chi connectivity index (χ4v) is 2.93. The second-order valence-electron chi connectivity index (χ2n) is 6.08. The van der Waals surface area contributed by atoms with E-state index in [-0.39, 0.29) is 18.5 Å². The third-order valence-corrected chi connectivity index (χ3v) is 4.23. The molecule has 1 saturated heterocycles. The van der Waals surface area contributed by atoms with Crippen molar-refractivity contribution in [3.63, 3.8) is 0 Å². The molecule has 1 fully saturated rings. The smallest absolute Gasteiger partial charge is 0.130 e. The molecule has 1 heterocycles. The first kappa shape index (κ1) is 18.0. The average Bonchev–Trinajstić information content (AvgIpc) is 3.02. The van der Waals surface area contributed by atoms with E-state index in [1.54, 1.807) is 12.1 Å². The van der Waals surface area contributed by atoms with Gasteiger partial charge in [-0.15, -0.1) is 0 Å². The van der Waals surface area contributed by atoms with E-state index in [9.17, 15) is 9.50 Å². The zero-order valence-electron chi connectivity index (χ0n) is 13.7. The Balaban J connectivity index is 1.40. The summed E-state index contributed by atoms with van der Waals surface area (Å²) in [6.07, 6.45) is 0.324. The van der Waals surface area contributed by atoms with Crippen LogP contribution in [0, 0.1) is 11.9 Å². The number of β-amino-alcohol motifs (C(OH)–C–C–N with tert-alkyl or cyclic N) is 1. The molecule has 0 bridgehead atoms. The van der Waals surface area contributed by atoms with Gasteiger partial charge in [0.1, 0.15) is 36.1 Å². The fraction of sp³-hybridized carbons (Fsp3) is 0.368. The summed E-state index contributed by atoms with van der Waals surface area (Å²) in [5.41, 5.74) is 0. The number of aliphatic hydroxyl groups is 1. The molecular formula is C19H20ClFNO3. The topological polar surface area (TPSA) is 41.9 Å². The maximum atomic E-state index is 13.1. The van der Waals surface area contributed by atoms with Crippen molar-refractivity contribution in [2.75, 3.05) is 26.2 Å². The van der Waals surface area contributed by atoms with Crippen LogP contribution in [0.3, 0.4) is 0 Å². The van der Waals surface area contributed by atoms with Crippen molar-refractivity contribution < 1.29 is 19.0 Å². The van der Waals surface area contributed by atoms with Gasteiger partial charge in [-0.3, -0.25) is 4.90 Å². The Kier molecular flexibility index (Phi) is 6.13. The number of hydrogen-bond acceptors (Lipinski definition) is 4. The van der Waals surface area contributed by atoms with Crippen LogP contribution in [-0.4, -0.2) is 48.5 Å². The van der Waals surface area contributed by atoms with Crippen LogP contribution < -0.4 is 9.47 Å². The van der Waals surface area contributed by atoms with Gasteiger partial charge in [0.25, 0.3) is 0 Å². The summed E-state index contributed by atoms with van der Waals surface area (Å²) in [7, 11) is 0. The average molecular weight is 365 g/mol. The lowest BCUT2D eigenvalue weighted by Gasteiger charge is -2.20. The Morgan fingerprint density at radius 1 is 1.32 bits per heavy atom. The number of likely N-dealkylation sites (tertiary alicyclic amines) is 1. The van der Waals surface area contributed by atoms with E-state index in [0.29, 0.717) is 17.3 Å². The number of rotatable bonds is 7. The molecule has 1 N–H and O–H groups in total. The molecule has 3 rings (SSSR count). The standard InChI is InChI=1S/C19H20ClFNO3/c20-14-4-6-17(7-5-14)25-19-8-9-22(12-19)11-16(23)13-24-18-3-1-2-15(21)10-18/h1-2,4-7,10,16,19,23H,8-9,11-13H2/t16-,19-/m0/s1. The third kappa shape index (κ3) is 5.59. The molecular weight excluding hydrogens is 345 g/mol. The lowest BCUT2D eigenvalue weighted by molar-refractivity contribution is 0.0718. The molecule has 2 aromatic carbocycles. The Bertz CT molecular complexity index is 683. The molecule has 0 aromatic heterocycles. The van der Waals surface area contributed by atoms with Crippen molar-refractivity contribution in [3.05, 3.63) is 59.4 Å². The summed E-state index contributed by atoms with van der Waals surface area (Å²) in [6, 6.07) is 14.1. The molecule has 2 atom stereocenters. The highest BCUT2D eigenvalue weighted by Gasteiger charge is 2.25. The second kappa shape index (κ2) is 8.52. The van der Waals surface area contributed by atoms with Gasteiger partial charge >= 0.3 is 0 Å². The van der Waals surface area contributed by atoms with Gasteiger partial charge in [-0.1, -0.05) is 11.6 Å². The highest BCUT2D eigenvalue weighted by Crippen LogP contribution is 2.21. The summed E-state index contributed by atoms with van der Waals surface area (Å²) in [6.45, 7) is 2.17. The van der Waals surface area contributed by atoms with E-state index in [1.807, 2.05) is 12.1 Å². The SMILES string of the molecule is O[C@H](COc1[c]ccc(F)c1)CN1CC[C@H](Oc2ccc(Cl)cc2)C1. The number of hydrogen-bond donors (Lipinski definition) is 1. The predicted octanol–water partition coefficient (Wildman–Crippen LogP) is 3.17. The summed E-state index contributed by atoms with van der Waals surface area (Å²) < 4.78 is 24.4. The van der Waals surface area contributed by atoms with E-state index in [1.165, 1.54) is 18.2 Å². The summed E-state index contributed by atoms with van der Waals surface area (Å²) in [5, 5.41) is 10.8. The molecule has 0 amide bonds. The first-order valence-electron chi connectivity index (χ1n) is 8.21. The van der Waals surface area contributed by atoms with E-state index in [4.69, 9.17) is 21.1 Å². The minimum Gasteiger partial charge on any atom is -0.490 e. The van der Waals surface area contributed by atoms with Gasteiger partial charge in [0.05, 0.1) is 0 Å². The van der Waals surface area contributed by atoms with Gasteiger partial charge in [-0.05, 0) is 42.8 Å². The zero-order chi connectivity index (χ0) is 17.6.